The lowest BCUT2D eigenvalue weighted by Crippen LogP contribution is -2.31. The van der Waals surface area contributed by atoms with E-state index in [0.717, 1.165) is 28.3 Å². The molecule has 0 unspecified atom stereocenters. The molecule has 1 aromatic carbocycles. The summed E-state index contributed by atoms with van der Waals surface area (Å²) >= 11 is 0. The van der Waals surface area contributed by atoms with Crippen LogP contribution in [0.25, 0.3) is 5.69 Å². The molecule has 0 aliphatic heterocycles. The average molecular weight is 409 g/mol. The molecule has 8 heteroatoms. The predicted octanol–water partition coefficient (Wildman–Crippen LogP) is 3.78. The number of hydrogen-bond acceptors (Lipinski definition) is 5. The fourth-order valence-corrected chi connectivity index (χ4v) is 3.44. The highest BCUT2D eigenvalue weighted by Crippen LogP contribution is 2.30. The Bertz CT molecular complexity index is 1100. The third-order valence-electron chi connectivity index (χ3n) is 5.19. The molecule has 0 atom stereocenters. The highest BCUT2D eigenvalue weighted by molar-refractivity contribution is 5.93. The quantitative estimate of drug-likeness (QED) is 0.669. The lowest BCUT2D eigenvalue weighted by atomic mass is 10.2. The molecule has 0 radical (unpaired) electrons. The molecule has 30 heavy (non-hydrogen) atoms. The Balaban J connectivity index is 1.85. The van der Waals surface area contributed by atoms with Crippen LogP contribution in [0.5, 0.6) is 0 Å². The van der Waals surface area contributed by atoms with Crippen molar-refractivity contribution in [2.24, 2.45) is 0 Å². The van der Waals surface area contributed by atoms with Crippen LogP contribution in [0.3, 0.4) is 0 Å². The SMILES string of the molecule is Cc1noc(C)c1CN(C)CC(=O)Nc1c(C#N)c(C)c(C)n1-c1ccc(F)cc1. The van der Waals surface area contributed by atoms with Crippen LogP contribution in [0.1, 0.15) is 33.8 Å². The number of benzene rings is 1. The topological polar surface area (TPSA) is 87.1 Å². The number of anilines is 1. The molecule has 3 rings (SSSR count). The van der Waals surface area contributed by atoms with E-state index in [9.17, 15) is 14.4 Å². The summed E-state index contributed by atoms with van der Waals surface area (Å²) in [5.74, 6) is 0.492. The summed E-state index contributed by atoms with van der Waals surface area (Å²) in [5.41, 5.74) is 4.36. The Morgan fingerprint density at radius 2 is 1.93 bits per heavy atom. The molecule has 3 aromatic rings. The second-order valence-corrected chi connectivity index (χ2v) is 7.38. The lowest BCUT2D eigenvalue weighted by Gasteiger charge is -2.17. The van der Waals surface area contributed by atoms with E-state index in [2.05, 4.69) is 16.5 Å². The number of aryl methyl sites for hydroxylation is 2. The zero-order valence-corrected chi connectivity index (χ0v) is 17.7. The Hall–Kier alpha value is -3.44. The minimum atomic E-state index is -0.354. The highest BCUT2D eigenvalue weighted by Gasteiger charge is 2.21. The Labute approximate surface area is 174 Å². The van der Waals surface area contributed by atoms with Crippen molar-refractivity contribution in [1.29, 1.82) is 5.26 Å². The van der Waals surface area contributed by atoms with E-state index in [4.69, 9.17) is 4.52 Å². The first-order valence-electron chi connectivity index (χ1n) is 9.51. The number of likely N-dealkylation sites (N-methyl/N-ethyl adjacent to an activating group) is 1. The number of hydrogen-bond donors (Lipinski definition) is 1. The van der Waals surface area contributed by atoms with Crippen molar-refractivity contribution in [1.82, 2.24) is 14.6 Å². The van der Waals surface area contributed by atoms with E-state index in [1.54, 1.807) is 16.7 Å². The number of nitrogens with zero attached hydrogens (tertiary/aromatic N) is 4. The van der Waals surface area contributed by atoms with Gasteiger partial charge in [-0.3, -0.25) is 14.3 Å². The summed E-state index contributed by atoms with van der Waals surface area (Å²) in [6.07, 6.45) is 0. The van der Waals surface area contributed by atoms with E-state index in [-0.39, 0.29) is 18.3 Å². The van der Waals surface area contributed by atoms with Crippen molar-refractivity contribution in [2.45, 2.75) is 34.2 Å². The second kappa shape index (κ2) is 8.51. The van der Waals surface area contributed by atoms with Crippen LogP contribution in [0.2, 0.25) is 0 Å². The van der Waals surface area contributed by atoms with Gasteiger partial charge in [0.2, 0.25) is 5.91 Å². The summed E-state index contributed by atoms with van der Waals surface area (Å²) in [6.45, 7) is 8.01. The smallest absolute Gasteiger partial charge is 0.239 e. The first kappa shape index (κ1) is 21.3. The van der Waals surface area contributed by atoms with E-state index < -0.39 is 0 Å². The summed E-state index contributed by atoms with van der Waals surface area (Å²) in [6, 6.07) is 8.09. The number of rotatable bonds is 6. The van der Waals surface area contributed by atoms with Gasteiger partial charge in [0.25, 0.3) is 0 Å². The van der Waals surface area contributed by atoms with Crippen molar-refractivity contribution in [3.8, 4) is 11.8 Å². The van der Waals surface area contributed by atoms with Crippen LogP contribution in [-0.2, 0) is 11.3 Å². The number of halogens is 1. The van der Waals surface area contributed by atoms with Crippen molar-refractivity contribution in [3.63, 3.8) is 0 Å². The second-order valence-electron chi connectivity index (χ2n) is 7.38. The van der Waals surface area contributed by atoms with E-state index in [1.807, 2.05) is 39.6 Å². The summed E-state index contributed by atoms with van der Waals surface area (Å²) in [4.78, 5) is 14.6. The number of nitriles is 1. The Morgan fingerprint density at radius 1 is 1.27 bits per heavy atom. The maximum Gasteiger partial charge on any atom is 0.239 e. The lowest BCUT2D eigenvalue weighted by molar-refractivity contribution is -0.117. The summed E-state index contributed by atoms with van der Waals surface area (Å²) in [7, 11) is 1.83. The molecular weight excluding hydrogens is 385 g/mol. The third kappa shape index (κ3) is 4.11. The molecule has 2 aromatic heterocycles. The molecular formula is C22H24FN5O2. The van der Waals surface area contributed by atoms with Gasteiger partial charge >= 0.3 is 0 Å². The standard InChI is InChI=1S/C22H24FN5O2/c1-13-15(3)28(18-8-6-17(23)7-9-18)22(19(13)10-24)25-21(29)12-27(5)11-20-14(2)26-30-16(20)4/h6-9H,11-12H2,1-5H3,(H,25,29). The van der Waals surface area contributed by atoms with Crippen molar-refractivity contribution >= 4 is 11.7 Å². The minimum Gasteiger partial charge on any atom is -0.361 e. The van der Waals surface area contributed by atoms with Crippen LogP contribution >= 0.6 is 0 Å². The molecule has 1 N–H and O–H groups in total. The first-order valence-corrected chi connectivity index (χ1v) is 9.51. The van der Waals surface area contributed by atoms with Crippen LogP contribution in [0.4, 0.5) is 10.2 Å². The van der Waals surface area contributed by atoms with Crippen molar-refractivity contribution in [2.75, 3.05) is 18.9 Å². The minimum absolute atomic E-state index is 0.113. The van der Waals surface area contributed by atoms with Gasteiger partial charge in [-0.05, 0) is 64.6 Å². The fraction of sp³-hybridized carbons (Fsp3) is 0.318. The molecule has 156 valence electrons. The zero-order chi connectivity index (χ0) is 22.0. The van der Waals surface area contributed by atoms with Crippen LogP contribution in [-0.4, -0.2) is 34.1 Å². The molecule has 7 nitrogen and oxygen atoms in total. The molecule has 0 saturated carbocycles. The van der Waals surface area contributed by atoms with Crippen molar-refractivity contribution < 1.29 is 13.7 Å². The Morgan fingerprint density at radius 3 is 2.50 bits per heavy atom. The zero-order valence-electron chi connectivity index (χ0n) is 17.7. The molecule has 0 bridgehead atoms. The number of carbonyl (C=O) groups is 1. The predicted molar refractivity (Wildman–Crippen MR) is 111 cm³/mol. The van der Waals surface area contributed by atoms with Gasteiger partial charge in [-0.1, -0.05) is 5.16 Å². The number of carbonyl (C=O) groups excluding carboxylic acids is 1. The molecule has 1 amide bonds. The van der Waals surface area contributed by atoms with Crippen LogP contribution < -0.4 is 5.32 Å². The molecule has 0 aliphatic rings. The normalized spacial score (nSPS) is 11.0. The summed E-state index contributed by atoms with van der Waals surface area (Å²) in [5, 5.41) is 16.5. The van der Waals surface area contributed by atoms with Gasteiger partial charge < -0.3 is 9.84 Å². The van der Waals surface area contributed by atoms with Crippen LogP contribution in [0, 0.1) is 44.8 Å². The number of aromatic nitrogens is 2. The Kier molecular flexibility index (Phi) is 6.04. The molecule has 0 spiro atoms. The van der Waals surface area contributed by atoms with Gasteiger partial charge in [-0.25, -0.2) is 4.39 Å². The fourth-order valence-electron chi connectivity index (χ4n) is 3.44. The van der Waals surface area contributed by atoms with Crippen molar-refractivity contribution in [3.05, 3.63) is 63.9 Å². The van der Waals surface area contributed by atoms with Gasteiger partial charge in [0.15, 0.2) is 0 Å². The monoisotopic (exact) mass is 409 g/mol. The molecule has 0 saturated heterocycles. The van der Waals surface area contributed by atoms with Gasteiger partial charge in [0.05, 0.1) is 17.8 Å². The van der Waals surface area contributed by atoms with E-state index in [1.165, 1.54) is 12.1 Å². The molecule has 2 heterocycles. The maximum absolute atomic E-state index is 13.4. The largest absolute Gasteiger partial charge is 0.361 e. The van der Waals surface area contributed by atoms with Gasteiger partial charge in [0, 0.05) is 23.5 Å². The highest BCUT2D eigenvalue weighted by atomic mass is 19.1. The molecule has 0 fully saturated rings. The summed E-state index contributed by atoms with van der Waals surface area (Å²) < 4.78 is 20.3. The van der Waals surface area contributed by atoms with Gasteiger partial charge in [0.1, 0.15) is 23.5 Å². The van der Waals surface area contributed by atoms with E-state index in [0.29, 0.717) is 23.6 Å². The average Bonchev–Trinajstić information content (AvgIpc) is 3.13. The number of nitrogens with one attached hydrogen (secondary N) is 1. The van der Waals surface area contributed by atoms with Gasteiger partial charge in [-0.15, -0.1) is 0 Å². The van der Waals surface area contributed by atoms with E-state index >= 15 is 0 Å². The molecule has 0 aliphatic carbocycles. The maximum atomic E-state index is 13.4. The van der Waals surface area contributed by atoms with Gasteiger partial charge in [-0.2, -0.15) is 5.26 Å². The third-order valence-corrected chi connectivity index (χ3v) is 5.19. The van der Waals surface area contributed by atoms with Crippen LogP contribution in [0.15, 0.2) is 28.8 Å². The number of amides is 1. The first-order chi connectivity index (χ1) is 14.2.